The number of sulfonamides is 1. The maximum atomic E-state index is 12.7. The zero-order valence-corrected chi connectivity index (χ0v) is 17.0. The first-order chi connectivity index (χ1) is 12.2. The molecule has 2 rings (SSSR count). The highest BCUT2D eigenvalue weighted by atomic mass is 32.2. The third kappa shape index (κ3) is 4.56. The lowest BCUT2D eigenvalue weighted by Crippen LogP contribution is -2.37. The number of rotatable bonds is 7. The van der Waals surface area contributed by atoms with Gasteiger partial charge in [-0.25, -0.2) is 13.1 Å². The summed E-state index contributed by atoms with van der Waals surface area (Å²) in [6.07, 6.45) is 0. The predicted octanol–water partition coefficient (Wildman–Crippen LogP) is 3.67. The molecule has 0 heterocycles. The van der Waals surface area contributed by atoms with Gasteiger partial charge in [0.2, 0.25) is 10.0 Å². The normalized spacial score (nSPS) is 12.7. The number of methoxy groups -OCH3 is 1. The molecule has 0 spiro atoms. The van der Waals surface area contributed by atoms with Crippen LogP contribution in [0.4, 0.5) is 0 Å². The molecule has 2 aromatic rings. The standard InChI is InChI=1S/C20H27NO4S/c1-13-7-8-18(11-14(13)2)25-12-15(3)21-26(22,23)20-10-9-19(24-6)16(4)17(20)5/h7-11,15,21H,12H2,1-6H3. The molecule has 0 aliphatic carbocycles. The molecule has 0 saturated carbocycles. The van der Waals surface area contributed by atoms with Gasteiger partial charge in [0.05, 0.1) is 18.0 Å². The Kier molecular flexibility index (Phi) is 6.31. The number of ether oxygens (including phenoxy) is 2. The lowest BCUT2D eigenvalue weighted by atomic mass is 10.1. The van der Waals surface area contributed by atoms with E-state index < -0.39 is 10.0 Å². The summed E-state index contributed by atoms with van der Waals surface area (Å²) in [5.74, 6) is 1.41. The van der Waals surface area contributed by atoms with Crippen LogP contribution < -0.4 is 14.2 Å². The fourth-order valence-corrected chi connectivity index (χ4v) is 4.20. The summed E-state index contributed by atoms with van der Waals surface area (Å²) in [6, 6.07) is 8.70. The van der Waals surface area contributed by atoms with Gasteiger partial charge in [0.25, 0.3) is 0 Å². The third-order valence-electron chi connectivity index (χ3n) is 4.53. The van der Waals surface area contributed by atoms with Gasteiger partial charge >= 0.3 is 0 Å². The first-order valence-corrected chi connectivity index (χ1v) is 10.0. The van der Waals surface area contributed by atoms with Crippen LogP contribution in [0, 0.1) is 27.7 Å². The summed E-state index contributed by atoms with van der Waals surface area (Å²) in [4.78, 5) is 0.258. The molecule has 1 atom stereocenters. The summed E-state index contributed by atoms with van der Waals surface area (Å²) in [7, 11) is -2.07. The van der Waals surface area contributed by atoms with Crippen molar-refractivity contribution in [1.29, 1.82) is 0 Å². The van der Waals surface area contributed by atoms with Gasteiger partial charge in [-0.1, -0.05) is 6.07 Å². The number of nitrogens with one attached hydrogen (secondary N) is 1. The fraction of sp³-hybridized carbons (Fsp3) is 0.400. The van der Waals surface area contributed by atoms with Crippen LogP contribution in [-0.4, -0.2) is 28.2 Å². The summed E-state index contributed by atoms with van der Waals surface area (Å²) in [5, 5.41) is 0. The predicted molar refractivity (Wildman–Crippen MR) is 104 cm³/mol. The Balaban J connectivity index is 2.08. The van der Waals surface area contributed by atoms with E-state index in [-0.39, 0.29) is 17.5 Å². The van der Waals surface area contributed by atoms with E-state index in [1.165, 1.54) is 5.56 Å². The van der Waals surface area contributed by atoms with Gasteiger partial charge in [0.15, 0.2) is 0 Å². The highest BCUT2D eigenvalue weighted by molar-refractivity contribution is 7.89. The van der Waals surface area contributed by atoms with Crippen molar-refractivity contribution in [3.8, 4) is 11.5 Å². The number of benzene rings is 2. The molecule has 142 valence electrons. The molecule has 0 saturated heterocycles. The topological polar surface area (TPSA) is 64.6 Å². The van der Waals surface area contributed by atoms with Crippen molar-refractivity contribution in [3.63, 3.8) is 0 Å². The van der Waals surface area contributed by atoms with E-state index in [1.807, 2.05) is 39.0 Å². The molecule has 0 fully saturated rings. The minimum absolute atomic E-state index is 0.246. The average molecular weight is 378 g/mol. The van der Waals surface area contributed by atoms with Crippen LogP contribution in [0.5, 0.6) is 11.5 Å². The Hall–Kier alpha value is -2.05. The number of aryl methyl sites for hydroxylation is 2. The molecule has 26 heavy (non-hydrogen) atoms. The molecule has 0 bridgehead atoms. The highest BCUT2D eigenvalue weighted by Gasteiger charge is 2.22. The van der Waals surface area contributed by atoms with Gasteiger partial charge < -0.3 is 9.47 Å². The molecule has 1 N–H and O–H groups in total. The molecule has 0 aliphatic heterocycles. The monoisotopic (exact) mass is 377 g/mol. The van der Waals surface area contributed by atoms with Crippen LogP contribution in [-0.2, 0) is 10.0 Å². The smallest absolute Gasteiger partial charge is 0.241 e. The maximum Gasteiger partial charge on any atom is 0.241 e. The van der Waals surface area contributed by atoms with Crippen molar-refractivity contribution in [2.24, 2.45) is 0 Å². The second kappa shape index (κ2) is 8.10. The third-order valence-corrected chi connectivity index (χ3v) is 6.27. The van der Waals surface area contributed by atoms with Gasteiger partial charge in [-0.3, -0.25) is 0 Å². The summed E-state index contributed by atoms with van der Waals surface area (Å²) >= 11 is 0. The van der Waals surface area contributed by atoms with Crippen molar-refractivity contribution < 1.29 is 17.9 Å². The van der Waals surface area contributed by atoms with E-state index in [0.29, 0.717) is 11.3 Å². The second-order valence-electron chi connectivity index (χ2n) is 6.60. The van der Waals surface area contributed by atoms with E-state index in [2.05, 4.69) is 4.72 Å². The van der Waals surface area contributed by atoms with E-state index in [0.717, 1.165) is 16.9 Å². The highest BCUT2D eigenvalue weighted by Crippen LogP contribution is 2.27. The van der Waals surface area contributed by atoms with Crippen molar-refractivity contribution in [1.82, 2.24) is 4.72 Å². The zero-order chi connectivity index (χ0) is 19.5. The lowest BCUT2D eigenvalue weighted by Gasteiger charge is -2.18. The van der Waals surface area contributed by atoms with Gasteiger partial charge in [-0.05, 0) is 81.1 Å². The van der Waals surface area contributed by atoms with Crippen molar-refractivity contribution in [3.05, 3.63) is 52.6 Å². The van der Waals surface area contributed by atoms with Crippen molar-refractivity contribution in [2.45, 2.75) is 45.6 Å². The Bertz CT molecular complexity index is 891. The summed E-state index contributed by atoms with van der Waals surface area (Å²) < 4.78 is 39.1. The van der Waals surface area contributed by atoms with Crippen molar-refractivity contribution in [2.75, 3.05) is 13.7 Å². The minimum Gasteiger partial charge on any atom is -0.496 e. The van der Waals surface area contributed by atoms with Gasteiger partial charge in [-0.15, -0.1) is 0 Å². The van der Waals surface area contributed by atoms with E-state index in [1.54, 1.807) is 33.1 Å². The SMILES string of the molecule is COc1ccc(S(=O)(=O)NC(C)COc2ccc(C)c(C)c2)c(C)c1C. The van der Waals surface area contributed by atoms with Crippen LogP contribution in [0.2, 0.25) is 0 Å². The van der Waals surface area contributed by atoms with Gasteiger partial charge in [0.1, 0.15) is 18.1 Å². The quantitative estimate of drug-likeness (QED) is 0.799. The average Bonchev–Trinajstić information content (AvgIpc) is 2.57. The van der Waals surface area contributed by atoms with Crippen LogP contribution in [0.3, 0.4) is 0 Å². The van der Waals surface area contributed by atoms with E-state index in [9.17, 15) is 8.42 Å². The molecule has 1 unspecified atom stereocenters. The molecule has 0 amide bonds. The van der Waals surface area contributed by atoms with Crippen LogP contribution >= 0.6 is 0 Å². The van der Waals surface area contributed by atoms with Crippen LogP contribution in [0.25, 0.3) is 0 Å². The molecular weight excluding hydrogens is 350 g/mol. The molecule has 0 aromatic heterocycles. The summed E-state index contributed by atoms with van der Waals surface area (Å²) in [5.41, 5.74) is 3.82. The largest absolute Gasteiger partial charge is 0.496 e. The zero-order valence-electron chi connectivity index (χ0n) is 16.2. The fourth-order valence-electron chi connectivity index (χ4n) is 2.67. The molecular formula is C20H27NO4S. The molecule has 0 radical (unpaired) electrons. The summed E-state index contributed by atoms with van der Waals surface area (Å²) in [6.45, 7) is 9.71. The van der Waals surface area contributed by atoms with Gasteiger partial charge in [0, 0.05) is 0 Å². The molecule has 0 aliphatic rings. The molecule has 2 aromatic carbocycles. The maximum absolute atomic E-state index is 12.7. The van der Waals surface area contributed by atoms with Crippen LogP contribution in [0.1, 0.15) is 29.2 Å². The first kappa shape index (κ1) is 20.3. The van der Waals surface area contributed by atoms with E-state index >= 15 is 0 Å². The second-order valence-corrected chi connectivity index (χ2v) is 8.28. The molecule has 5 nitrogen and oxygen atoms in total. The Morgan fingerprint density at radius 2 is 1.69 bits per heavy atom. The Morgan fingerprint density at radius 1 is 1.00 bits per heavy atom. The Labute approximate surface area is 156 Å². The number of hydrogen-bond donors (Lipinski definition) is 1. The van der Waals surface area contributed by atoms with E-state index in [4.69, 9.17) is 9.47 Å². The van der Waals surface area contributed by atoms with Crippen LogP contribution in [0.15, 0.2) is 35.2 Å². The molecule has 6 heteroatoms. The van der Waals surface area contributed by atoms with Gasteiger partial charge in [-0.2, -0.15) is 0 Å². The lowest BCUT2D eigenvalue weighted by molar-refractivity contribution is 0.287. The number of hydrogen-bond acceptors (Lipinski definition) is 4. The first-order valence-electron chi connectivity index (χ1n) is 8.52. The Morgan fingerprint density at radius 3 is 2.31 bits per heavy atom. The minimum atomic E-state index is -3.64. The van der Waals surface area contributed by atoms with Crippen molar-refractivity contribution >= 4 is 10.0 Å².